The fourth-order valence-electron chi connectivity index (χ4n) is 2.68. The van der Waals surface area contributed by atoms with Crippen LogP contribution in [0.1, 0.15) is 39.2 Å². The van der Waals surface area contributed by atoms with E-state index in [2.05, 4.69) is 13.8 Å². The third-order valence-corrected chi connectivity index (χ3v) is 3.92. The smallest absolute Gasteiger partial charge is 0.230 e. The maximum Gasteiger partial charge on any atom is 0.230 e. The minimum absolute atomic E-state index is 0.00818. The number of ether oxygens (including phenoxy) is 1. The van der Waals surface area contributed by atoms with Crippen molar-refractivity contribution >= 4 is 11.6 Å². The molecule has 1 aromatic carbocycles. The normalized spacial score (nSPS) is 17.9. The number of nitrogens with two attached hydrogens (primary N) is 1. The van der Waals surface area contributed by atoms with Gasteiger partial charge in [0.05, 0.1) is 12.2 Å². The van der Waals surface area contributed by atoms with E-state index >= 15 is 0 Å². The quantitative estimate of drug-likeness (QED) is 0.920. The molecule has 0 aliphatic carbocycles. The Morgan fingerprint density at radius 2 is 2.15 bits per heavy atom. The molecule has 1 atom stereocenters. The number of hydrogen-bond acceptors (Lipinski definition) is 3. The van der Waals surface area contributed by atoms with Gasteiger partial charge in [-0.3, -0.25) is 4.79 Å². The number of hydrogen-bond donors (Lipinski definition) is 1. The van der Waals surface area contributed by atoms with Crippen LogP contribution in [0.5, 0.6) is 5.75 Å². The van der Waals surface area contributed by atoms with Crippen LogP contribution in [0.4, 0.5) is 5.69 Å². The van der Waals surface area contributed by atoms with Crippen LogP contribution in [0, 0.1) is 5.92 Å². The van der Waals surface area contributed by atoms with E-state index in [0.29, 0.717) is 13.1 Å². The van der Waals surface area contributed by atoms with E-state index in [0.717, 1.165) is 29.8 Å². The van der Waals surface area contributed by atoms with Crippen molar-refractivity contribution < 1.29 is 9.53 Å². The maximum atomic E-state index is 12.7. The van der Waals surface area contributed by atoms with Crippen LogP contribution in [0.2, 0.25) is 0 Å². The van der Waals surface area contributed by atoms with Gasteiger partial charge in [0, 0.05) is 12.5 Å². The van der Waals surface area contributed by atoms with Gasteiger partial charge in [0.2, 0.25) is 5.91 Å². The van der Waals surface area contributed by atoms with Crippen molar-refractivity contribution in [2.24, 2.45) is 11.7 Å². The average Bonchev–Trinajstić information content (AvgIpc) is 2.46. The Balaban J connectivity index is 2.35. The minimum Gasteiger partial charge on any atom is -0.487 e. The van der Waals surface area contributed by atoms with Crippen molar-refractivity contribution in [3.8, 4) is 5.75 Å². The second-order valence-electron chi connectivity index (χ2n) is 5.40. The van der Waals surface area contributed by atoms with E-state index in [9.17, 15) is 4.79 Å². The standard InChI is InChI=1S/C16H24N2O2/c1-4-13(5-2)16(19)18-10-11(3)20-15-8-12(9-17)6-7-14(15)18/h6-8,11,13H,4-5,9-10,17H2,1-3H3. The van der Waals surface area contributed by atoms with E-state index in [1.165, 1.54) is 0 Å². The lowest BCUT2D eigenvalue weighted by Crippen LogP contribution is -2.45. The highest BCUT2D eigenvalue weighted by Crippen LogP contribution is 2.35. The highest BCUT2D eigenvalue weighted by atomic mass is 16.5. The number of rotatable bonds is 4. The number of carbonyl (C=O) groups excluding carboxylic acids is 1. The zero-order chi connectivity index (χ0) is 14.7. The molecule has 1 unspecified atom stereocenters. The van der Waals surface area contributed by atoms with Crippen molar-refractivity contribution in [1.29, 1.82) is 0 Å². The van der Waals surface area contributed by atoms with Gasteiger partial charge in [-0.05, 0) is 37.5 Å². The molecule has 0 fully saturated rings. The fraction of sp³-hybridized carbons (Fsp3) is 0.562. The summed E-state index contributed by atoms with van der Waals surface area (Å²) < 4.78 is 5.85. The molecule has 2 N–H and O–H groups in total. The number of benzene rings is 1. The van der Waals surface area contributed by atoms with E-state index in [1.807, 2.05) is 30.0 Å². The van der Waals surface area contributed by atoms with Crippen molar-refractivity contribution in [1.82, 2.24) is 0 Å². The summed E-state index contributed by atoms with van der Waals surface area (Å²) in [4.78, 5) is 14.5. The lowest BCUT2D eigenvalue weighted by Gasteiger charge is -2.35. The third kappa shape index (κ3) is 2.80. The Morgan fingerprint density at radius 3 is 2.75 bits per heavy atom. The highest BCUT2D eigenvalue weighted by molar-refractivity contribution is 5.97. The largest absolute Gasteiger partial charge is 0.487 e. The summed E-state index contributed by atoms with van der Waals surface area (Å²) in [5.41, 5.74) is 7.56. The topological polar surface area (TPSA) is 55.6 Å². The Kier molecular flexibility index (Phi) is 4.65. The van der Waals surface area contributed by atoms with Crippen molar-refractivity contribution in [3.63, 3.8) is 0 Å². The molecule has 0 saturated carbocycles. The number of nitrogens with zero attached hydrogens (tertiary/aromatic N) is 1. The van der Waals surface area contributed by atoms with Crippen LogP contribution in [0.15, 0.2) is 18.2 Å². The van der Waals surface area contributed by atoms with Gasteiger partial charge in [0.25, 0.3) is 0 Å². The molecule has 0 aromatic heterocycles. The van der Waals surface area contributed by atoms with Crippen LogP contribution in [-0.2, 0) is 11.3 Å². The molecule has 1 aliphatic rings. The first kappa shape index (κ1) is 14.9. The number of fused-ring (bicyclic) bond motifs is 1. The molecule has 1 amide bonds. The zero-order valence-electron chi connectivity index (χ0n) is 12.6. The molecule has 4 heteroatoms. The Bertz CT molecular complexity index is 483. The lowest BCUT2D eigenvalue weighted by molar-refractivity contribution is -0.123. The zero-order valence-corrected chi connectivity index (χ0v) is 12.6. The summed E-state index contributed by atoms with van der Waals surface area (Å²) >= 11 is 0. The molecular formula is C16H24N2O2. The van der Waals surface area contributed by atoms with Gasteiger partial charge in [-0.1, -0.05) is 19.9 Å². The summed E-state index contributed by atoms with van der Waals surface area (Å²) in [5, 5.41) is 0. The van der Waals surface area contributed by atoms with Gasteiger partial charge in [-0.25, -0.2) is 0 Å². The van der Waals surface area contributed by atoms with Gasteiger partial charge in [0.15, 0.2) is 0 Å². The molecule has 4 nitrogen and oxygen atoms in total. The Morgan fingerprint density at radius 1 is 1.45 bits per heavy atom. The maximum absolute atomic E-state index is 12.7. The van der Waals surface area contributed by atoms with Crippen molar-refractivity contribution in [3.05, 3.63) is 23.8 Å². The SMILES string of the molecule is CCC(CC)C(=O)N1CC(C)Oc2cc(CN)ccc21. The molecule has 0 spiro atoms. The average molecular weight is 276 g/mol. The first-order chi connectivity index (χ1) is 9.60. The summed E-state index contributed by atoms with van der Waals surface area (Å²) in [6.07, 6.45) is 1.75. The van der Waals surface area contributed by atoms with Crippen LogP contribution >= 0.6 is 0 Å². The molecule has 0 saturated heterocycles. The fourth-order valence-corrected chi connectivity index (χ4v) is 2.68. The van der Waals surface area contributed by atoms with E-state index < -0.39 is 0 Å². The van der Waals surface area contributed by atoms with Gasteiger partial charge < -0.3 is 15.4 Å². The van der Waals surface area contributed by atoms with Crippen molar-refractivity contribution in [2.45, 2.75) is 46.3 Å². The predicted octanol–water partition coefficient (Wildman–Crippen LogP) is 2.70. The van der Waals surface area contributed by atoms with Gasteiger partial charge in [-0.2, -0.15) is 0 Å². The third-order valence-electron chi connectivity index (χ3n) is 3.92. The Labute approximate surface area is 120 Å². The van der Waals surface area contributed by atoms with Crippen LogP contribution in [0.25, 0.3) is 0 Å². The van der Waals surface area contributed by atoms with E-state index in [-0.39, 0.29) is 17.9 Å². The van der Waals surface area contributed by atoms with Crippen LogP contribution in [-0.4, -0.2) is 18.6 Å². The monoisotopic (exact) mass is 276 g/mol. The minimum atomic E-state index is 0.00818. The van der Waals surface area contributed by atoms with Crippen LogP contribution in [0.3, 0.4) is 0 Å². The summed E-state index contributed by atoms with van der Waals surface area (Å²) in [7, 11) is 0. The predicted molar refractivity (Wildman–Crippen MR) is 80.8 cm³/mol. The van der Waals surface area contributed by atoms with Gasteiger partial charge >= 0.3 is 0 Å². The highest BCUT2D eigenvalue weighted by Gasteiger charge is 2.30. The number of amides is 1. The second kappa shape index (κ2) is 6.27. The van der Waals surface area contributed by atoms with Crippen LogP contribution < -0.4 is 15.4 Å². The first-order valence-corrected chi connectivity index (χ1v) is 7.41. The number of carbonyl (C=O) groups is 1. The summed E-state index contributed by atoms with van der Waals surface area (Å²) in [6.45, 7) is 7.21. The molecule has 1 heterocycles. The molecule has 0 bridgehead atoms. The first-order valence-electron chi connectivity index (χ1n) is 7.41. The summed E-state index contributed by atoms with van der Waals surface area (Å²) in [6, 6.07) is 5.85. The molecule has 1 aliphatic heterocycles. The van der Waals surface area contributed by atoms with E-state index in [4.69, 9.17) is 10.5 Å². The molecule has 110 valence electrons. The molecule has 0 radical (unpaired) electrons. The van der Waals surface area contributed by atoms with Crippen molar-refractivity contribution in [2.75, 3.05) is 11.4 Å². The summed E-state index contributed by atoms with van der Waals surface area (Å²) in [5.74, 6) is 1.06. The molecular weight excluding hydrogens is 252 g/mol. The van der Waals surface area contributed by atoms with Gasteiger partial charge in [-0.15, -0.1) is 0 Å². The number of anilines is 1. The molecule has 20 heavy (non-hydrogen) atoms. The Hall–Kier alpha value is -1.55. The lowest BCUT2D eigenvalue weighted by atomic mass is 10.00. The van der Waals surface area contributed by atoms with Gasteiger partial charge in [0.1, 0.15) is 11.9 Å². The van der Waals surface area contributed by atoms with E-state index in [1.54, 1.807) is 0 Å². The molecule has 2 rings (SSSR count). The molecule has 1 aromatic rings. The second-order valence-corrected chi connectivity index (χ2v) is 5.40.